The molecule has 0 atom stereocenters. The van der Waals surface area contributed by atoms with Gasteiger partial charge < -0.3 is 15.5 Å². The second kappa shape index (κ2) is 13.1. The highest BCUT2D eigenvalue weighted by atomic mass is 35.5. The normalized spacial score (nSPS) is 19.1. The Morgan fingerprint density at radius 2 is 1.60 bits per heavy atom. The van der Waals surface area contributed by atoms with Crippen LogP contribution in [0.5, 0.6) is 0 Å². The van der Waals surface area contributed by atoms with E-state index in [4.69, 9.17) is 22.3 Å². The number of amides is 2. The Kier molecular flexibility index (Phi) is 9.18. The second-order valence-corrected chi connectivity index (χ2v) is 13.8. The first-order valence-corrected chi connectivity index (χ1v) is 16.9. The van der Waals surface area contributed by atoms with Gasteiger partial charge >= 0.3 is 0 Å². The molecule has 230 valence electrons. The van der Waals surface area contributed by atoms with Crippen molar-refractivity contribution >= 4 is 61.9 Å². The van der Waals surface area contributed by atoms with Crippen LogP contribution in [0.3, 0.4) is 0 Å². The summed E-state index contributed by atoms with van der Waals surface area (Å²) in [5.74, 6) is -2.99. The van der Waals surface area contributed by atoms with Crippen LogP contribution in [0.2, 0.25) is 5.02 Å². The van der Waals surface area contributed by atoms with Crippen LogP contribution in [0.1, 0.15) is 55.3 Å². The van der Waals surface area contributed by atoms with Crippen LogP contribution in [0, 0.1) is 17.6 Å². The summed E-state index contributed by atoms with van der Waals surface area (Å²) in [5, 5.41) is 6.55. The molecule has 6 rings (SSSR count). The molecule has 0 bridgehead atoms. The number of hydrogen-bond donors (Lipinski definition) is 2. The Hall–Kier alpha value is -2.80. The third-order valence-corrected chi connectivity index (χ3v) is 11.1. The Morgan fingerprint density at radius 1 is 0.930 bits per heavy atom. The van der Waals surface area contributed by atoms with Crippen molar-refractivity contribution in [2.24, 2.45) is 11.7 Å². The van der Waals surface area contributed by atoms with E-state index in [2.05, 4.69) is 15.1 Å². The number of nitrogens with one attached hydrogen (secondary N) is 1. The fourth-order valence-electron chi connectivity index (χ4n) is 6.47. The highest BCUT2D eigenvalue weighted by Gasteiger charge is 2.30. The quantitative estimate of drug-likeness (QED) is 0.316. The zero-order chi connectivity index (χ0) is 30.1. The number of nitrogens with zero attached hydrogens (tertiary/aromatic N) is 4. The summed E-state index contributed by atoms with van der Waals surface area (Å²) in [6.07, 6.45) is 7.33. The largest absolute Gasteiger partial charge is 0.369 e. The number of halogens is 3. The molecule has 4 heterocycles. The molecule has 1 aromatic carbocycles. The van der Waals surface area contributed by atoms with Gasteiger partial charge in [-0.3, -0.25) is 19.8 Å². The van der Waals surface area contributed by atoms with Gasteiger partial charge in [-0.15, -0.1) is 11.3 Å². The smallest absolute Gasteiger partial charge is 0.257 e. The SMILES string of the molecule is NC(=O)C1CCN(c2c(F)cc(C(=O)Nc3nc(-c4cc(Cl)cs4)c(N4CCN(C5CCCCC5)CC4)s3)cc2F)CC1. The lowest BCUT2D eigenvalue weighted by Gasteiger charge is -2.41. The summed E-state index contributed by atoms with van der Waals surface area (Å²) < 4.78 is 30.3. The van der Waals surface area contributed by atoms with Crippen molar-refractivity contribution in [3.63, 3.8) is 0 Å². The average molecular weight is 649 g/mol. The average Bonchev–Trinajstić information content (AvgIpc) is 3.63. The molecule has 1 saturated carbocycles. The number of carbonyl (C=O) groups is 2. The molecule has 1 aliphatic carbocycles. The summed E-state index contributed by atoms with van der Waals surface area (Å²) in [7, 11) is 0. The first-order chi connectivity index (χ1) is 20.8. The van der Waals surface area contributed by atoms with E-state index in [9.17, 15) is 9.59 Å². The van der Waals surface area contributed by atoms with E-state index < -0.39 is 23.4 Å². The molecule has 2 amide bonds. The molecule has 2 saturated heterocycles. The van der Waals surface area contributed by atoms with Crippen LogP contribution in [0.25, 0.3) is 10.6 Å². The first kappa shape index (κ1) is 30.2. The number of hydrogen-bond acceptors (Lipinski definition) is 8. The number of anilines is 3. The van der Waals surface area contributed by atoms with E-state index in [-0.39, 0.29) is 17.2 Å². The van der Waals surface area contributed by atoms with Crippen LogP contribution < -0.4 is 20.9 Å². The third-order valence-electron chi connectivity index (χ3n) is 8.82. The summed E-state index contributed by atoms with van der Waals surface area (Å²) in [6, 6.07) is 4.63. The van der Waals surface area contributed by atoms with Gasteiger partial charge in [0, 0.05) is 62.2 Å². The number of rotatable bonds is 7. The Labute approximate surface area is 262 Å². The zero-order valence-electron chi connectivity index (χ0n) is 23.8. The molecule has 2 aromatic heterocycles. The molecular formula is C30H35ClF2N6O2S2. The number of benzene rings is 1. The van der Waals surface area contributed by atoms with E-state index in [1.165, 1.54) is 54.8 Å². The molecule has 0 radical (unpaired) electrons. The van der Waals surface area contributed by atoms with Gasteiger partial charge in [-0.25, -0.2) is 13.8 Å². The minimum Gasteiger partial charge on any atom is -0.369 e. The molecule has 3 aromatic rings. The summed E-state index contributed by atoms with van der Waals surface area (Å²) in [6.45, 7) is 4.26. The topological polar surface area (TPSA) is 94.8 Å². The van der Waals surface area contributed by atoms with Gasteiger partial charge in [-0.05, 0) is 43.9 Å². The van der Waals surface area contributed by atoms with Crippen LogP contribution in [0.15, 0.2) is 23.6 Å². The van der Waals surface area contributed by atoms with E-state index in [1.54, 1.807) is 4.90 Å². The molecule has 0 spiro atoms. The van der Waals surface area contributed by atoms with E-state index in [0.29, 0.717) is 42.1 Å². The summed E-state index contributed by atoms with van der Waals surface area (Å²) in [5.41, 5.74) is 5.80. The predicted molar refractivity (Wildman–Crippen MR) is 170 cm³/mol. The van der Waals surface area contributed by atoms with Gasteiger partial charge in [0.15, 0.2) is 5.13 Å². The van der Waals surface area contributed by atoms with Crippen LogP contribution in [0.4, 0.5) is 24.6 Å². The van der Waals surface area contributed by atoms with Crippen molar-refractivity contribution < 1.29 is 18.4 Å². The highest BCUT2D eigenvalue weighted by Crippen LogP contribution is 2.42. The minimum absolute atomic E-state index is 0.135. The van der Waals surface area contributed by atoms with E-state index >= 15 is 8.78 Å². The lowest BCUT2D eigenvalue weighted by Crippen LogP contribution is -2.50. The van der Waals surface area contributed by atoms with E-state index in [1.807, 2.05) is 11.4 Å². The predicted octanol–water partition coefficient (Wildman–Crippen LogP) is 6.21. The number of piperidine rings is 1. The summed E-state index contributed by atoms with van der Waals surface area (Å²) >= 11 is 9.09. The standard InChI is InChI=1S/C30H35ClF2N6O2S2/c31-20-16-24(42-17-20)25-29(39-12-10-37(11-13-39)21-4-2-1-3-5-21)43-30(35-25)36-28(41)19-14-22(32)26(23(33)15-19)38-8-6-18(7-9-38)27(34)40/h14-18,21H,1-13H2,(H2,34,40)(H,35,36,41). The third kappa shape index (κ3) is 6.67. The van der Waals surface area contributed by atoms with Crippen LogP contribution in [-0.2, 0) is 4.79 Å². The maximum Gasteiger partial charge on any atom is 0.257 e. The fourth-order valence-corrected chi connectivity index (χ4v) is 8.63. The molecule has 13 heteroatoms. The summed E-state index contributed by atoms with van der Waals surface area (Å²) in [4.78, 5) is 36.8. The van der Waals surface area contributed by atoms with Gasteiger partial charge in [-0.1, -0.05) is 42.2 Å². The van der Waals surface area contributed by atoms with E-state index in [0.717, 1.165) is 53.9 Å². The van der Waals surface area contributed by atoms with Crippen LogP contribution in [-0.4, -0.2) is 67.0 Å². The molecule has 3 aliphatic rings. The number of aromatic nitrogens is 1. The number of piperazine rings is 1. The molecule has 43 heavy (non-hydrogen) atoms. The molecule has 0 unspecified atom stereocenters. The van der Waals surface area contributed by atoms with Crippen molar-refractivity contribution in [2.45, 2.75) is 51.0 Å². The molecule has 3 fully saturated rings. The fraction of sp³-hybridized carbons (Fsp3) is 0.500. The number of nitrogens with two attached hydrogens (primary N) is 1. The van der Waals surface area contributed by atoms with Gasteiger partial charge in [-0.2, -0.15) is 0 Å². The number of primary amides is 1. The lowest BCUT2D eigenvalue weighted by atomic mass is 9.94. The van der Waals surface area contributed by atoms with Crippen molar-refractivity contribution in [1.29, 1.82) is 0 Å². The van der Waals surface area contributed by atoms with Crippen molar-refractivity contribution in [1.82, 2.24) is 9.88 Å². The maximum absolute atomic E-state index is 15.2. The minimum atomic E-state index is -0.827. The Balaban J connectivity index is 1.18. The van der Waals surface area contributed by atoms with Gasteiger partial charge in [0.1, 0.15) is 28.0 Å². The van der Waals surface area contributed by atoms with Crippen LogP contribution >= 0.6 is 34.3 Å². The number of thiazole rings is 1. The number of carbonyl (C=O) groups excluding carboxylic acids is 2. The maximum atomic E-state index is 15.2. The monoisotopic (exact) mass is 648 g/mol. The van der Waals surface area contributed by atoms with Gasteiger partial charge in [0.05, 0.1) is 9.90 Å². The Morgan fingerprint density at radius 3 is 2.21 bits per heavy atom. The number of thiophene rings is 1. The lowest BCUT2D eigenvalue weighted by molar-refractivity contribution is -0.122. The molecular weight excluding hydrogens is 614 g/mol. The Bertz CT molecular complexity index is 1450. The van der Waals surface area contributed by atoms with Crippen molar-refractivity contribution in [3.8, 4) is 10.6 Å². The first-order valence-electron chi connectivity index (χ1n) is 14.9. The van der Waals surface area contributed by atoms with Gasteiger partial charge in [0.2, 0.25) is 5.91 Å². The zero-order valence-corrected chi connectivity index (χ0v) is 26.2. The molecule has 3 N–H and O–H groups in total. The molecule has 2 aliphatic heterocycles. The van der Waals surface area contributed by atoms with Gasteiger partial charge in [0.25, 0.3) is 5.91 Å². The van der Waals surface area contributed by atoms with Crippen molar-refractivity contribution in [2.75, 3.05) is 54.4 Å². The second-order valence-electron chi connectivity index (χ2n) is 11.5. The highest BCUT2D eigenvalue weighted by molar-refractivity contribution is 7.21. The van der Waals surface area contributed by atoms with Crippen molar-refractivity contribution in [3.05, 3.63) is 45.8 Å². The molecule has 8 nitrogen and oxygen atoms in total.